The third-order valence-electron chi connectivity index (χ3n) is 2.27. The summed E-state index contributed by atoms with van der Waals surface area (Å²) < 4.78 is 5.42. The van der Waals surface area contributed by atoms with E-state index in [0.29, 0.717) is 5.82 Å². The lowest BCUT2D eigenvalue weighted by Crippen LogP contribution is -2.08. The smallest absolute Gasteiger partial charge is 0.272 e. The number of nitrogens with zero attached hydrogens (tertiary/aromatic N) is 2. The molecule has 9 heteroatoms. The summed E-state index contributed by atoms with van der Waals surface area (Å²) in [5.41, 5.74) is 2.14. The van der Waals surface area contributed by atoms with Crippen LogP contribution >= 0.6 is 23.2 Å². The van der Waals surface area contributed by atoms with Gasteiger partial charge in [-0.2, -0.15) is 4.98 Å². The molecule has 0 atom stereocenters. The Morgan fingerprint density at radius 3 is 2.50 bits per heavy atom. The Bertz CT molecular complexity index is 643. The summed E-state index contributed by atoms with van der Waals surface area (Å²) in [4.78, 5) is 14.1. The molecule has 0 bridgehead atoms. The van der Waals surface area contributed by atoms with Gasteiger partial charge in [-0.3, -0.25) is 10.1 Å². The van der Waals surface area contributed by atoms with Gasteiger partial charge < -0.3 is 10.2 Å². The molecule has 0 saturated heterocycles. The first kappa shape index (κ1) is 14.3. The predicted molar refractivity (Wildman–Crippen MR) is 75.2 cm³/mol. The van der Waals surface area contributed by atoms with Crippen LogP contribution in [0.2, 0.25) is 10.0 Å². The fourth-order valence-electron chi connectivity index (χ4n) is 1.41. The quantitative estimate of drug-likeness (QED) is 0.509. The molecule has 0 aliphatic rings. The summed E-state index contributed by atoms with van der Waals surface area (Å²) in [6.45, 7) is 0. The largest absolute Gasteiger partial charge is 0.436 e. The SMILES string of the molecule is NNc1cccc(Oc2c(Cl)cc([N+](=O)[O-])cc2Cl)n1. The van der Waals surface area contributed by atoms with Crippen molar-refractivity contribution >= 4 is 34.7 Å². The Hall–Kier alpha value is -2.09. The number of nitrogen functional groups attached to an aromatic ring is 1. The Balaban J connectivity index is 2.36. The van der Waals surface area contributed by atoms with Gasteiger partial charge in [0.25, 0.3) is 5.69 Å². The van der Waals surface area contributed by atoms with Crippen LogP contribution in [0.25, 0.3) is 0 Å². The highest BCUT2D eigenvalue weighted by Gasteiger charge is 2.16. The Morgan fingerprint density at radius 2 is 1.95 bits per heavy atom. The Kier molecular flexibility index (Phi) is 4.23. The van der Waals surface area contributed by atoms with Crippen LogP contribution in [-0.2, 0) is 0 Å². The maximum Gasteiger partial charge on any atom is 0.272 e. The summed E-state index contributed by atoms with van der Waals surface area (Å²) in [7, 11) is 0. The lowest BCUT2D eigenvalue weighted by Gasteiger charge is -2.09. The molecule has 0 aliphatic heterocycles. The van der Waals surface area contributed by atoms with Gasteiger partial charge in [-0.05, 0) is 6.07 Å². The van der Waals surface area contributed by atoms with Crippen molar-refractivity contribution in [3.05, 3.63) is 50.5 Å². The van der Waals surface area contributed by atoms with Gasteiger partial charge in [0.05, 0.1) is 15.0 Å². The first-order valence-electron chi connectivity index (χ1n) is 5.26. The number of nitro groups is 1. The molecule has 1 heterocycles. The topological polar surface area (TPSA) is 103 Å². The molecule has 0 radical (unpaired) electrons. The van der Waals surface area contributed by atoms with Gasteiger partial charge in [-0.1, -0.05) is 29.3 Å². The molecule has 2 rings (SSSR count). The highest BCUT2D eigenvalue weighted by molar-refractivity contribution is 6.37. The molecule has 0 unspecified atom stereocenters. The Morgan fingerprint density at radius 1 is 1.30 bits per heavy atom. The molecule has 1 aromatic heterocycles. The number of benzene rings is 1. The van der Waals surface area contributed by atoms with Crippen LogP contribution in [0, 0.1) is 10.1 Å². The van der Waals surface area contributed by atoms with Crippen LogP contribution in [0.15, 0.2) is 30.3 Å². The van der Waals surface area contributed by atoms with Crippen LogP contribution in [0.4, 0.5) is 11.5 Å². The van der Waals surface area contributed by atoms with Crippen molar-refractivity contribution in [3.63, 3.8) is 0 Å². The third-order valence-corrected chi connectivity index (χ3v) is 2.83. The number of hydrogen-bond donors (Lipinski definition) is 2. The number of aromatic nitrogens is 1. The van der Waals surface area contributed by atoms with Gasteiger partial charge in [0, 0.05) is 18.2 Å². The van der Waals surface area contributed by atoms with E-state index in [0.717, 1.165) is 12.1 Å². The van der Waals surface area contributed by atoms with Crippen molar-refractivity contribution in [2.75, 3.05) is 5.43 Å². The Labute approximate surface area is 123 Å². The lowest BCUT2D eigenvalue weighted by atomic mass is 10.3. The monoisotopic (exact) mass is 314 g/mol. The standard InChI is InChI=1S/C11H8Cl2N4O3/c12-7-4-6(17(18)19)5-8(13)11(7)20-10-3-1-2-9(15-10)16-14/h1-5H,14H2,(H,15,16). The van der Waals surface area contributed by atoms with Gasteiger partial charge >= 0.3 is 0 Å². The zero-order valence-corrected chi connectivity index (χ0v) is 11.4. The van der Waals surface area contributed by atoms with Gasteiger partial charge in [-0.25, -0.2) is 5.84 Å². The van der Waals surface area contributed by atoms with Crippen molar-refractivity contribution in [1.29, 1.82) is 0 Å². The normalized spacial score (nSPS) is 10.2. The van der Waals surface area contributed by atoms with E-state index < -0.39 is 4.92 Å². The third kappa shape index (κ3) is 3.08. The van der Waals surface area contributed by atoms with Crippen molar-refractivity contribution in [2.45, 2.75) is 0 Å². The highest BCUT2D eigenvalue weighted by Crippen LogP contribution is 2.39. The number of nitro benzene ring substituents is 1. The van der Waals surface area contributed by atoms with Crippen molar-refractivity contribution in [3.8, 4) is 11.6 Å². The van der Waals surface area contributed by atoms with Crippen molar-refractivity contribution in [2.24, 2.45) is 5.84 Å². The maximum absolute atomic E-state index is 10.7. The molecule has 2 aromatic rings. The van der Waals surface area contributed by atoms with Crippen LogP contribution in [0.3, 0.4) is 0 Å². The van der Waals surface area contributed by atoms with E-state index in [2.05, 4.69) is 10.4 Å². The van der Waals surface area contributed by atoms with E-state index in [1.807, 2.05) is 0 Å². The van der Waals surface area contributed by atoms with Gasteiger partial charge in [0.15, 0.2) is 5.75 Å². The van der Waals surface area contributed by atoms with Crippen LogP contribution < -0.4 is 16.0 Å². The molecule has 7 nitrogen and oxygen atoms in total. The highest BCUT2D eigenvalue weighted by atomic mass is 35.5. The molecule has 20 heavy (non-hydrogen) atoms. The predicted octanol–water partition coefficient (Wildman–Crippen LogP) is 3.37. The summed E-state index contributed by atoms with van der Waals surface area (Å²) >= 11 is 11.8. The number of nitrogens with two attached hydrogens (primary N) is 1. The zero-order chi connectivity index (χ0) is 14.7. The van der Waals surface area contributed by atoms with E-state index >= 15 is 0 Å². The van der Waals surface area contributed by atoms with Gasteiger partial charge in [0.1, 0.15) is 5.82 Å². The number of halogens is 2. The number of pyridine rings is 1. The minimum atomic E-state index is -0.598. The zero-order valence-electron chi connectivity index (χ0n) is 9.84. The second kappa shape index (κ2) is 5.91. The fourth-order valence-corrected chi connectivity index (χ4v) is 1.96. The number of non-ortho nitro benzene ring substituents is 1. The van der Waals surface area contributed by atoms with E-state index in [-0.39, 0.29) is 27.4 Å². The number of rotatable bonds is 4. The average Bonchev–Trinajstić information content (AvgIpc) is 2.42. The number of nitrogens with one attached hydrogen (secondary N) is 1. The van der Waals surface area contributed by atoms with Crippen molar-refractivity contribution < 1.29 is 9.66 Å². The van der Waals surface area contributed by atoms with Crippen LogP contribution in [-0.4, -0.2) is 9.91 Å². The molecule has 0 saturated carbocycles. The molecule has 104 valence electrons. The summed E-state index contributed by atoms with van der Waals surface area (Å²) in [5, 5.41) is 10.7. The molecule has 1 aromatic carbocycles. The molecular formula is C11H8Cl2N4O3. The van der Waals surface area contributed by atoms with Gasteiger partial charge in [0.2, 0.25) is 5.88 Å². The molecular weight excluding hydrogens is 307 g/mol. The fraction of sp³-hybridized carbons (Fsp3) is 0. The first-order valence-corrected chi connectivity index (χ1v) is 6.02. The second-order valence-electron chi connectivity index (χ2n) is 3.60. The van der Waals surface area contributed by atoms with Gasteiger partial charge in [-0.15, -0.1) is 0 Å². The number of hydrogen-bond acceptors (Lipinski definition) is 6. The van der Waals surface area contributed by atoms with Crippen molar-refractivity contribution in [1.82, 2.24) is 4.98 Å². The number of hydrazine groups is 1. The minimum Gasteiger partial charge on any atom is -0.436 e. The van der Waals surface area contributed by atoms with E-state index in [9.17, 15) is 10.1 Å². The lowest BCUT2D eigenvalue weighted by molar-refractivity contribution is -0.384. The maximum atomic E-state index is 10.7. The summed E-state index contributed by atoms with van der Waals surface area (Å²) in [6.07, 6.45) is 0. The minimum absolute atomic E-state index is 0.0112. The summed E-state index contributed by atoms with van der Waals surface area (Å²) in [5.74, 6) is 5.89. The number of ether oxygens (including phenoxy) is 1. The molecule has 0 spiro atoms. The summed E-state index contributed by atoms with van der Waals surface area (Å²) in [6, 6.07) is 7.15. The van der Waals surface area contributed by atoms with E-state index in [1.165, 1.54) is 0 Å². The average molecular weight is 315 g/mol. The second-order valence-corrected chi connectivity index (χ2v) is 4.42. The molecule has 0 aliphatic carbocycles. The van der Waals surface area contributed by atoms with E-state index in [4.69, 9.17) is 33.8 Å². The number of anilines is 1. The molecule has 3 N–H and O–H groups in total. The van der Waals surface area contributed by atoms with Crippen LogP contribution in [0.1, 0.15) is 0 Å². The molecule has 0 amide bonds. The molecule has 0 fully saturated rings. The first-order chi connectivity index (χ1) is 9.51. The van der Waals surface area contributed by atoms with E-state index in [1.54, 1.807) is 18.2 Å². The van der Waals surface area contributed by atoms with Crippen LogP contribution in [0.5, 0.6) is 11.6 Å².